The van der Waals surface area contributed by atoms with Crippen molar-refractivity contribution in [2.45, 2.75) is 46.1 Å². The SMILES string of the molecule is Cc1cccc(NC(=O)N2CCCC2C(=O)NCCC(C)C)c1. The van der Waals surface area contributed by atoms with Crippen molar-refractivity contribution in [3.05, 3.63) is 29.8 Å². The smallest absolute Gasteiger partial charge is 0.322 e. The number of amides is 3. The van der Waals surface area contributed by atoms with Crippen molar-refractivity contribution in [2.75, 3.05) is 18.4 Å². The number of nitrogens with one attached hydrogen (secondary N) is 2. The number of likely N-dealkylation sites (tertiary alicyclic amines) is 1. The minimum atomic E-state index is -0.355. The predicted octanol–water partition coefficient (Wildman–Crippen LogP) is 3.15. The Bertz CT molecular complexity index is 557. The largest absolute Gasteiger partial charge is 0.354 e. The Morgan fingerprint density at radius 1 is 1.35 bits per heavy atom. The van der Waals surface area contributed by atoms with E-state index in [1.807, 2.05) is 31.2 Å². The second-order valence-corrected chi connectivity index (χ2v) is 6.62. The average molecular weight is 317 g/mol. The van der Waals surface area contributed by atoms with Gasteiger partial charge in [0, 0.05) is 18.8 Å². The topological polar surface area (TPSA) is 61.4 Å². The van der Waals surface area contributed by atoms with Crippen LogP contribution in [0.1, 0.15) is 38.7 Å². The molecule has 0 aliphatic carbocycles. The van der Waals surface area contributed by atoms with Gasteiger partial charge in [0.15, 0.2) is 0 Å². The molecule has 0 saturated carbocycles. The molecule has 0 radical (unpaired) electrons. The summed E-state index contributed by atoms with van der Waals surface area (Å²) in [6, 6.07) is 7.12. The molecule has 1 unspecified atom stereocenters. The molecule has 1 atom stereocenters. The molecular formula is C18H27N3O2. The Labute approximate surface area is 138 Å². The third-order valence-corrected chi connectivity index (χ3v) is 4.11. The molecule has 5 heteroatoms. The zero-order valence-electron chi connectivity index (χ0n) is 14.3. The summed E-state index contributed by atoms with van der Waals surface area (Å²) in [7, 11) is 0. The minimum absolute atomic E-state index is 0.0393. The number of aryl methyl sites for hydroxylation is 1. The highest BCUT2D eigenvalue weighted by molar-refractivity contribution is 5.94. The van der Waals surface area contributed by atoms with Crippen molar-refractivity contribution in [1.82, 2.24) is 10.2 Å². The molecule has 1 aliphatic heterocycles. The van der Waals surface area contributed by atoms with Gasteiger partial charge in [0.05, 0.1) is 0 Å². The first-order valence-electron chi connectivity index (χ1n) is 8.39. The van der Waals surface area contributed by atoms with E-state index < -0.39 is 0 Å². The summed E-state index contributed by atoms with van der Waals surface area (Å²) in [5.41, 5.74) is 1.85. The first kappa shape index (κ1) is 17.3. The number of nitrogens with zero attached hydrogens (tertiary/aromatic N) is 1. The molecule has 2 N–H and O–H groups in total. The van der Waals surface area contributed by atoms with Crippen molar-refractivity contribution in [1.29, 1.82) is 0 Å². The van der Waals surface area contributed by atoms with E-state index >= 15 is 0 Å². The van der Waals surface area contributed by atoms with Crippen LogP contribution in [0.3, 0.4) is 0 Å². The third kappa shape index (κ3) is 4.98. The molecule has 1 aliphatic rings. The van der Waals surface area contributed by atoms with Gasteiger partial charge in [-0.25, -0.2) is 4.79 Å². The minimum Gasteiger partial charge on any atom is -0.354 e. The second-order valence-electron chi connectivity index (χ2n) is 6.62. The van der Waals surface area contributed by atoms with Crippen LogP contribution in [-0.2, 0) is 4.79 Å². The quantitative estimate of drug-likeness (QED) is 0.876. The highest BCUT2D eigenvalue weighted by Gasteiger charge is 2.33. The second kappa shape index (κ2) is 7.99. The van der Waals surface area contributed by atoms with E-state index in [4.69, 9.17) is 0 Å². The van der Waals surface area contributed by atoms with Crippen LogP contribution >= 0.6 is 0 Å². The van der Waals surface area contributed by atoms with Crippen LogP contribution in [0.2, 0.25) is 0 Å². The Hall–Kier alpha value is -2.04. The van der Waals surface area contributed by atoms with Gasteiger partial charge in [-0.05, 0) is 49.8 Å². The third-order valence-electron chi connectivity index (χ3n) is 4.11. The molecule has 0 bridgehead atoms. The van der Waals surface area contributed by atoms with E-state index in [1.165, 1.54) is 0 Å². The maximum absolute atomic E-state index is 12.5. The molecule has 2 rings (SSSR count). The fourth-order valence-electron chi connectivity index (χ4n) is 2.80. The molecule has 1 saturated heterocycles. The monoisotopic (exact) mass is 317 g/mol. The van der Waals surface area contributed by atoms with Crippen LogP contribution in [0.25, 0.3) is 0 Å². The lowest BCUT2D eigenvalue weighted by molar-refractivity contribution is -0.124. The Morgan fingerprint density at radius 2 is 2.13 bits per heavy atom. The number of hydrogen-bond acceptors (Lipinski definition) is 2. The van der Waals surface area contributed by atoms with Crippen LogP contribution in [0, 0.1) is 12.8 Å². The van der Waals surface area contributed by atoms with Gasteiger partial charge in [-0.2, -0.15) is 0 Å². The summed E-state index contributed by atoms with van der Waals surface area (Å²) in [4.78, 5) is 26.4. The summed E-state index contributed by atoms with van der Waals surface area (Å²) < 4.78 is 0. The zero-order chi connectivity index (χ0) is 16.8. The van der Waals surface area contributed by atoms with Crippen LogP contribution in [0.5, 0.6) is 0 Å². The average Bonchev–Trinajstić information content (AvgIpc) is 2.96. The first-order valence-corrected chi connectivity index (χ1v) is 8.39. The number of anilines is 1. The Morgan fingerprint density at radius 3 is 2.83 bits per heavy atom. The normalized spacial score (nSPS) is 17.4. The predicted molar refractivity (Wildman–Crippen MR) is 92.4 cm³/mol. The fraction of sp³-hybridized carbons (Fsp3) is 0.556. The summed E-state index contributed by atoms with van der Waals surface area (Å²) in [6.07, 6.45) is 2.55. The van der Waals surface area contributed by atoms with Crippen molar-refractivity contribution in [3.63, 3.8) is 0 Å². The molecular weight excluding hydrogens is 290 g/mol. The molecule has 1 heterocycles. The molecule has 5 nitrogen and oxygen atoms in total. The lowest BCUT2D eigenvalue weighted by Gasteiger charge is -2.24. The van der Waals surface area contributed by atoms with Gasteiger partial charge in [-0.1, -0.05) is 26.0 Å². The Kier molecular flexibility index (Phi) is 6.02. The van der Waals surface area contributed by atoms with Crippen LogP contribution in [0.15, 0.2) is 24.3 Å². The van der Waals surface area contributed by atoms with E-state index in [-0.39, 0.29) is 18.0 Å². The highest BCUT2D eigenvalue weighted by Crippen LogP contribution is 2.19. The van der Waals surface area contributed by atoms with Gasteiger partial charge in [-0.3, -0.25) is 4.79 Å². The van der Waals surface area contributed by atoms with Crippen molar-refractivity contribution < 1.29 is 9.59 Å². The molecule has 126 valence electrons. The maximum Gasteiger partial charge on any atom is 0.322 e. The number of rotatable bonds is 5. The molecule has 23 heavy (non-hydrogen) atoms. The van der Waals surface area contributed by atoms with E-state index in [0.717, 1.165) is 30.5 Å². The molecule has 0 aromatic heterocycles. The maximum atomic E-state index is 12.5. The van der Waals surface area contributed by atoms with Crippen LogP contribution in [0.4, 0.5) is 10.5 Å². The number of benzene rings is 1. The first-order chi connectivity index (χ1) is 11.0. The van der Waals surface area contributed by atoms with Gasteiger partial charge in [0.1, 0.15) is 6.04 Å². The molecule has 0 spiro atoms. The fourth-order valence-corrected chi connectivity index (χ4v) is 2.80. The molecule has 3 amide bonds. The van der Waals surface area contributed by atoms with E-state index in [2.05, 4.69) is 24.5 Å². The summed E-state index contributed by atoms with van der Waals surface area (Å²) in [5.74, 6) is 0.516. The van der Waals surface area contributed by atoms with Crippen LogP contribution < -0.4 is 10.6 Å². The van der Waals surface area contributed by atoms with E-state index in [9.17, 15) is 9.59 Å². The molecule has 1 aromatic carbocycles. The lowest BCUT2D eigenvalue weighted by Crippen LogP contribution is -2.47. The van der Waals surface area contributed by atoms with Crippen molar-refractivity contribution >= 4 is 17.6 Å². The number of carbonyl (C=O) groups is 2. The van der Waals surface area contributed by atoms with Crippen LogP contribution in [-0.4, -0.2) is 36.0 Å². The number of carbonyl (C=O) groups excluding carboxylic acids is 2. The molecule has 1 fully saturated rings. The molecule has 1 aromatic rings. The van der Waals surface area contributed by atoms with E-state index in [1.54, 1.807) is 4.90 Å². The lowest BCUT2D eigenvalue weighted by atomic mass is 10.1. The van der Waals surface area contributed by atoms with Crippen molar-refractivity contribution in [2.24, 2.45) is 5.92 Å². The van der Waals surface area contributed by atoms with Crippen molar-refractivity contribution in [3.8, 4) is 0 Å². The van der Waals surface area contributed by atoms with Gasteiger partial charge in [0.2, 0.25) is 5.91 Å². The van der Waals surface area contributed by atoms with E-state index in [0.29, 0.717) is 19.0 Å². The standard InChI is InChI=1S/C18H27N3O2/c1-13(2)9-10-19-17(22)16-8-5-11-21(16)18(23)20-15-7-4-6-14(3)12-15/h4,6-7,12-13,16H,5,8-11H2,1-3H3,(H,19,22)(H,20,23). The summed E-state index contributed by atoms with van der Waals surface area (Å²) in [6.45, 7) is 7.53. The summed E-state index contributed by atoms with van der Waals surface area (Å²) in [5, 5.41) is 5.84. The van der Waals surface area contributed by atoms with Gasteiger partial charge in [-0.15, -0.1) is 0 Å². The zero-order valence-corrected chi connectivity index (χ0v) is 14.3. The summed E-state index contributed by atoms with van der Waals surface area (Å²) >= 11 is 0. The number of hydrogen-bond donors (Lipinski definition) is 2. The Balaban J connectivity index is 1.92. The number of urea groups is 1. The van der Waals surface area contributed by atoms with Gasteiger partial charge >= 0.3 is 6.03 Å². The van der Waals surface area contributed by atoms with Gasteiger partial charge < -0.3 is 15.5 Å². The highest BCUT2D eigenvalue weighted by atomic mass is 16.2. The van der Waals surface area contributed by atoms with Gasteiger partial charge in [0.25, 0.3) is 0 Å².